The molecule has 0 spiro atoms. The molecule has 3 aromatic rings. The number of carbonyl (C=O) groups is 1. The van der Waals surface area contributed by atoms with Crippen molar-refractivity contribution < 1.29 is 23.4 Å². The zero-order chi connectivity index (χ0) is 30.1. The molecule has 4 rings (SSSR count). The topological polar surface area (TPSA) is 103 Å². The van der Waals surface area contributed by atoms with E-state index in [-0.39, 0.29) is 33.7 Å². The maximum Gasteiger partial charge on any atom is 0.410 e. The number of anilines is 2. The lowest BCUT2D eigenvalue weighted by Crippen LogP contribution is -2.54. The third kappa shape index (κ3) is 6.70. The number of aromatic nitrogens is 2. The van der Waals surface area contributed by atoms with Crippen molar-refractivity contribution in [2.45, 2.75) is 52.4 Å². The first-order valence-corrected chi connectivity index (χ1v) is 13.9. The number of benzene rings is 1. The Morgan fingerprint density at radius 2 is 1.90 bits per heavy atom. The summed E-state index contributed by atoms with van der Waals surface area (Å²) in [6.07, 6.45) is 2.14. The minimum Gasteiger partial charge on any atom is -0.496 e. The molecule has 3 heterocycles. The second-order valence-corrected chi connectivity index (χ2v) is 11.6. The molecule has 1 fully saturated rings. The minimum absolute atomic E-state index is 0.0172. The lowest BCUT2D eigenvalue weighted by molar-refractivity contribution is 0.0218. The number of pyridine rings is 2. The van der Waals surface area contributed by atoms with Gasteiger partial charge in [-0.2, -0.15) is 0 Å². The molecule has 220 valence electrons. The number of rotatable bonds is 6. The molecule has 0 aliphatic carbocycles. The van der Waals surface area contributed by atoms with E-state index >= 15 is 0 Å². The Balaban J connectivity index is 1.61. The van der Waals surface area contributed by atoms with Crippen molar-refractivity contribution in [3.63, 3.8) is 0 Å². The lowest BCUT2D eigenvalue weighted by Gasteiger charge is -2.40. The molecule has 2 aromatic heterocycles. The van der Waals surface area contributed by atoms with Crippen LogP contribution in [0.3, 0.4) is 0 Å². The highest BCUT2D eigenvalue weighted by Gasteiger charge is 2.31. The van der Waals surface area contributed by atoms with Crippen LogP contribution in [0.15, 0.2) is 36.7 Å². The van der Waals surface area contributed by atoms with Gasteiger partial charge in [-0.1, -0.05) is 23.2 Å². The van der Waals surface area contributed by atoms with E-state index in [1.165, 1.54) is 12.1 Å². The molecule has 9 nitrogen and oxygen atoms in total. The molecule has 0 unspecified atom stereocenters. The van der Waals surface area contributed by atoms with Crippen molar-refractivity contribution in [2.75, 3.05) is 37.4 Å². The number of amides is 1. The fraction of sp³-hybridized carbons (Fsp3) is 0.414. The van der Waals surface area contributed by atoms with Gasteiger partial charge in [-0.25, -0.2) is 19.2 Å². The van der Waals surface area contributed by atoms with Gasteiger partial charge in [-0.3, -0.25) is 0 Å². The number of hydrogen-bond acceptors (Lipinski definition) is 8. The Morgan fingerprint density at radius 1 is 1.17 bits per heavy atom. The van der Waals surface area contributed by atoms with Gasteiger partial charge in [0.2, 0.25) is 0 Å². The van der Waals surface area contributed by atoms with E-state index in [1.807, 2.05) is 33.8 Å². The zero-order valence-electron chi connectivity index (χ0n) is 23.9. The number of nitrogens with two attached hydrogens (primary N) is 1. The zero-order valence-corrected chi connectivity index (χ0v) is 25.4. The van der Waals surface area contributed by atoms with Crippen LogP contribution in [-0.2, 0) is 4.74 Å². The van der Waals surface area contributed by atoms with Crippen LogP contribution in [0.25, 0.3) is 11.1 Å². The van der Waals surface area contributed by atoms with E-state index in [0.717, 1.165) is 0 Å². The normalized spacial score (nSPS) is 16.4. The molecular weight excluding hydrogens is 572 g/mol. The van der Waals surface area contributed by atoms with Crippen LogP contribution >= 0.6 is 23.2 Å². The second kappa shape index (κ2) is 12.2. The van der Waals surface area contributed by atoms with Crippen LogP contribution in [-0.4, -0.2) is 59.3 Å². The van der Waals surface area contributed by atoms with E-state index in [9.17, 15) is 9.18 Å². The molecule has 41 heavy (non-hydrogen) atoms. The molecule has 1 saturated heterocycles. The number of carbonyl (C=O) groups excluding carboxylic acids is 1. The highest BCUT2D eigenvalue weighted by atomic mass is 35.5. The molecule has 2 N–H and O–H groups in total. The first-order chi connectivity index (χ1) is 19.3. The SMILES string of the molecule is COc1cc(N2CCN(C(=O)OC(C)(C)C)C[C@@H]2C)ncc1-c1ccnc(N)c1O[C@H](C)c1c(Cl)ccc(F)c1Cl. The Kier molecular flexibility index (Phi) is 9.03. The van der Waals surface area contributed by atoms with Crippen molar-refractivity contribution in [2.24, 2.45) is 0 Å². The molecule has 2 atom stereocenters. The van der Waals surface area contributed by atoms with E-state index < -0.39 is 17.5 Å². The average Bonchev–Trinajstić information content (AvgIpc) is 2.91. The molecule has 0 radical (unpaired) electrons. The number of hydrogen-bond donors (Lipinski definition) is 1. The summed E-state index contributed by atoms with van der Waals surface area (Å²) < 4.78 is 31.7. The molecule has 1 aliphatic rings. The number of halogens is 3. The van der Waals surface area contributed by atoms with Gasteiger partial charge in [-0.15, -0.1) is 0 Å². The Morgan fingerprint density at radius 3 is 2.56 bits per heavy atom. The predicted molar refractivity (Wildman–Crippen MR) is 159 cm³/mol. The standard InChI is InChI=1S/C29H34Cl2FN5O4/c1-16-15-36(28(38)41-29(3,4)5)11-12-37(16)23-13-22(39-6)19(14-35-23)18-9-10-34-27(33)26(18)40-17(2)24-20(30)7-8-21(32)25(24)31/h7-10,13-14,16-17H,11-12,15H2,1-6H3,(H2,33,34)/t16-,17+/m0/s1. The van der Waals surface area contributed by atoms with E-state index in [2.05, 4.69) is 9.88 Å². The molecule has 0 bridgehead atoms. The van der Waals surface area contributed by atoms with Crippen LogP contribution in [0, 0.1) is 5.82 Å². The van der Waals surface area contributed by atoms with Crippen molar-refractivity contribution in [3.05, 3.63) is 58.1 Å². The number of piperazine rings is 1. The summed E-state index contributed by atoms with van der Waals surface area (Å²) in [5, 5.41) is 0.135. The van der Waals surface area contributed by atoms with Gasteiger partial charge in [-0.05, 0) is 52.8 Å². The highest BCUT2D eigenvalue weighted by molar-refractivity contribution is 6.36. The van der Waals surface area contributed by atoms with Crippen molar-refractivity contribution in [1.29, 1.82) is 0 Å². The van der Waals surface area contributed by atoms with Crippen LogP contribution < -0.4 is 20.1 Å². The molecule has 1 aromatic carbocycles. The van der Waals surface area contributed by atoms with Crippen molar-refractivity contribution in [1.82, 2.24) is 14.9 Å². The largest absolute Gasteiger partial charge is 0.496 e. The predicted octanol–water partition coefficient (Wildman–Crippen LogP) is 6.77. The van der Waals surface area contributed by atoms with E-state index in [4.69, 9.17) is 48.1 Å². The van der Waals surface area contributed by atoms with Crippen LogP contribution in [0.2, 0.25) is 10.0 Å². The summed E-state index contributed by atoms with van der Waals surface area (Å²) in [5.41, 5.74) is 7.16. The highest BCUT2D eigenvalue weighted by Crippen LogP contribution is 2.43. The minimum atomic E-state index is -0.753. The van der Waals surface area contributed by atoms with Gasteiger partial charge in [0, 0.05) is 65.8 Å². The summed E-state index contributed by atoms with van der Waals surface area (Å²) >= 11 is 12.5. The maximum absolute atomic E-state index is 14.2. The van der Waals surface area contributed by atoms with Crippen molar-refractivity contribution >= 4 is 40.9 Å². The summed E-state index contributed by atoms with van der Waals surface area (Å²) in [4.78, 5) is 25.3. The third-order valence-electron chi connectivity index (χ3n) is 6.65. The Hall–Kier alpha value is -3.50. The third-order valence-corrected chi connectivity index (χ3v) is 7.36. The van der Waals surface area contributed by atoms with E-state index in [0.29, 0.717) is 47.9 Å². The van der Waals surface area contributed by atoms with Gasteiger partial charge in [0.15, 0.2) is 11.6 Å². The monoisotopic (exact) mass is 605 g/mol. The maximum atomic E-state index is 14.2. The van der Waals surface area contributed by atoms with Gasteiger partial charge < -0.3 is 29.7 Å². The number of ether oxygens (including phenoxy) is 3. The molecule has 12 heteroatoms. The molecular formula is C29H34Cl2FN5O4. The van der Waals surface area contributed by atoms with Crippen LogP contribution in [0.5, 0.6) is 11.5 Å². The second-order valence-electron chi connectivity index (χ2n) is 10.8. The number of nitrogen functional groups attached to an aromatic ring is 1. The lowest BCUT2D eigenvalue weighted by atomic mass is 10.1. The van der Waals surface area contributed by atoms with E-state index in [1.54, 1.807) is 37.4 Å². The Bertz CT molecular complexity index is 1440. The van der Waals surface area contributed by atoms with Gasteiger partial charge in [0.1, 0.15) is 29.1 Å². The number of nitrogens with zero attached hydrogens (tertiary/aromatic N) is 4. The fourth-order valence-electron chi connectivity index (χ4n) is 4.70. The van der Waals surface area contributed by atoms with Gasteiger partial charge in [0.25, 0.3) is 0 Å². The van der Waals surface area contributed by atoms with Crippen molar-refractivity contribution in [3.8, 4) is 22.6 Å². The fourth-order valence-corrected chi connectivity index (χ4v) is 5.37. The smallest absolute Gasteiger partial charge is 0.410 e. The first-order valence-electron chi connectivity index (χ1n) is 13.1. The van der Waals surface area contributed by atoms with Gasteiger partial charge >= 0.3 is 6.09 Å². The molecule has 1 amide bonds. The summed E-state index contributed by atoms with van der Waals surface area (Å²) in [6.45, 7) is 10.8. The summed E-state index contributed by atoms with van der Waals surface area (Å²) in [6, 6.07) is 6.16. The van der Waals surface area contributed by atoms with Crippen LogP contribution in [0.1, 0.15) is 46.3 Å². The van der Waals surface area contributed by atoms with Crippen LogP contribution in [0.4, 0.5) is 20.8 Å². The quantitative estimate of drug-likeness (QED) is 0.307. The van der Waals surface area contributed by atoms with Gasteiger partial charge in [0.05, 0.1) is 12.1 Å². The summed E-state index contributed by atoms with van der Waals surface area (Å²) in [7, 11) is 1.56. The molecule has 1 aliphatic heterocycles. The average molecular weight is 607 g/mol. The molecule has 0 saturated carbocycles. The first kappa shape index (κ1) is 30.5. The number of methoxy groups -OCH3 is 1. The Labute approximate surface area is 249 Å². The summed E-state index contributed by atoms with van der Waals surface area (Å²) in [5.74, 6) is 0.989.